The molecule has 0 spiro atoms. The highest BCUT2D eigenvalue weighted by atomic mass is 14.4. The van der Waals surface area contributed by atoms with Crippen LogP contribution >= 0.6 is 0 Å². The number of fused-ring (bicyclic) bond motifs is 6. The van der Waals surface area contributed by atoms with Crippen molar-refractivity contribution in [2.75, 3.05) is 0 Å². The Kier molecular flexibility index (Phi) is 5.64. The predicted molar refractivity (Wildman–Crippen MR) is 193 cm³/mol. The second-order valence-electron chi connectivity index (χ2n) is 12.8. The van der Waals surface area contributed by atoms with Crippen LogP contribution in [0, 0.1) is 0 Å². The Morgan fingerprint density at radius 2 is 0.733 bits per heavy atom. The van der Waals surface area contributed by atoms with E-state index in [-0.39, 0.29) is 5.41 Å². The van der Waals surface area contributed by atoms with Gasteiger partial charge in [0.25, 0.3) is 0 Å². The van der Waals surface area contributed by atoms with Crippen molar-refractivity contribution in [1.82, 2.24) is 0 Å². The molecule has 0 heterocycles. The van der Waals surface area contributed by atoms with Crippen LogP contribution in [0.3, 0.4) is 0 Å². The molecule has 0 bridgehead atoms. The van der Waals surface area contributed by atoms with E-state index in [1.165, 1.54) is 88.0 Å². The monoisotopic (exact) mass is 572 g/mol. The highest BCUT2D eigenvalue weighted by Gasteiger charge is 2.37. The van der Waals surface area contributed by atoms with Crippen LogP contribution < -0.4 is 0 Å². The lowest BCUT2D eigenvalue weighted by atomic mass is 9.76. The fraction of sp³-hybridized carbons (Fsp3) is 0.0667. The predicted octanol–water partition coefficient (Wildman–Crippen LogP) is 12.5. The van der Waals surface area contributed by atoms with E-state index in [0.717, 1.165) is 0 Å². The summed E-state index contributed by atoms with van der Waals surface area (Å²) < 4.78 is 0. The van der Waals surface area contributed by atoms with Gasteiger partial charge >= 0.3 is 0 Å². The van der Waals surface area contributed by atoms with Gasteiger partial charge in [0.05, 0.1) is 0 Å². The molecule has 0 saturated heterocycles. The Hall–Kier alpha value is -5.46. The lowest BCUT2D eigenvalue weighted by molar-refractivity contribution is 0.662. The molecule has 0 amide bonds. The van der Waals surface area contributed by atoms with Gasteiger partial charge in [-0.1, -0.05) is 172 Å². The van der Waals surface area contributed by atoms with E-state index >= 15 is 0 Å². The summed E-state index contributed by atoms with van der Waals surface area (Å²) in [5, 5.41) is 7.68. The molecule has 9 rings (SSSR count). The second kappa shape index (κ2) is 9.78. The minimum Gasteiger partial charge on any atom is -0.0619 e. The van der Waals surface area contributed by atoms with Crippen molar-refractivity contribution in [3.8, 4) is 44.5 Å². The normalized spacial score (nSPS) is 13.3. The number of hydrogen-bond acceptors (Lipinski definition) is 0. The largest absolute Gasteiger partial charge is 0.0619 e. The van der Waals surface area contributed by atoms with Crippen LogP contribution in [0.4, 0.5) is 0 Å². The highest BCUT2D eigenvalue weighted by Crippen LogP contribution is 2.54. The maximum absolute atomic E-state index is 2.39. The summed E-state index contributed by atoms with van der Waals surface area (Å²) in [5.74, 6) is 0. The zero-order valence-corrected chi connectivity index (χ0v) is 25.5. The zero-order valence-electron chi connectivity index (χ0n) is 25.5. The van der Waals surface area contributed by atoms with Crippen LogP contribution in [0.15, 0.2) is 158 Å². The van der Waals surface area contributed by atoms with Gasteiger partial charge in [-0.3, -0.25) is 0 Å². The summed E-state index contributed by atoms with van der Waals surface area (Å²) in [6.07, 6.45) is 0. The summed E-state index contributed by atoms with van der Waals surface area (Å²) in [4.78, 5) is 0. The van der Waals surface area contributed by atoms with Crippen molar-refractivity contribution in [3.63, 3.8) is 0 Å². The average molecular weight is 573 g/mol. The first-order chi connectivity index (χ1) is 22.1. The van der Waals surface area contributed by atoms with Gasteiger partial charge in [0, 0.05) is 5.41 Å². The Labute approximate surface area is 264 Å². The molecule has 212 valence electrons. The minimum absolute atomic E-state index is 0.107. The molecule has 0 aromatic heterocycles. The van der Waals surface area contributed by atoms with Gasteiger partial charge in [0.15, 0.2) is 0 Å². The van der Waals surface area contributed by atoms with E-state index < -0.39 is 0 Å². The Balaban J connectivity index is 1.40. The first-order valence-corrected chi connectivity index (χ1v) is 15.9. The lowest BCUT2D eigenvalue weighted by Crippen LogP contribution is -2.16. The van der Waals surface area contributed by atoms with Crippen LogP contribution in [0.2, 0.25) is 0 Å². The zero-order chi connectivity index (χ0) is 30.1. The Morgan fingerprint density at radius 1 is 0.311 bits per heavy atom. The molecule has 0 saturated carbocycles. The molecule has 0 atom stereocenters. The van der Waals surface area contributed by atoms with E-state index in [1.807, 2.05) is 0 Å². The molecular weight excluding hydrogens is 540 g/mol. The van der Waals surface area contributed by atoms with Gasteiger partial charge in [-0.05, 0) is 88.0 Å². The van der Waals surface area contributed by atoms with E-state index in [0.29, 0.717) is 0 Å². The fourth-order valence-corrected chi connectivity index (χ4v) is 8.16. The van der Waals surface area contributed by atoms with Crippen molar-refractivity contribution in [2.24, 2.45) is 0 Å². The SMILES string of the molecule is CC1(C)c2ccccc2-c2cccc(-c3c4ccccc4c(-c4ccccc4-c4cccc5ccccc45)c4ccccc34)c21. The molecule has 1 aliphatic carbocycles. The van der Waals surface area contributed by atoms with Crippen molar-refractivity contribution in [3.05, 3.63) is 169 Å². The maximum Gasteiger partial charge on any atom is 0.0165 e. The summed E-state index contributed by atoms with van der Waals surface area (Å²) >= 11 is 0. The molecule has 0 N–H and O–H groups in total. The minimum atomic E-state index is -0.107. The molecule has 0 nitrogen and oxygen atoms in total. The number of hydrogen-bond donors (Lipinski definition) is 0. The molecule has 45 heavy (non-hydrogen) atoms. The molecule has 0 aliphatic heterocycles. The van der Waals surface area contributed by atoms with E-state index in [2.05, 4.69) is 172 Å². The molecular formula is C45H32. The van der Waals surface area contributed by atoms with Crippen molar-refractivity contribution in [1.29, 1.82) is 0 Å². The van der Waals surface area contributed by atoms with Gasteiger partial charge < -0.3 is 0 Å². The van der Waals surface area contributed by atoms with Crippen LogP contribution in [-0.2, 0) is 5.41 Å². The lowest BCUT2D eigenvalue weighted by Gasteiger charge is -2.26. The number of benzene rings is 8. The molecule has 8 aromatic rings. The van der Waals surface area contributed by atoms with Crippen molar-refractivity contribution < 1.29 is 0 Å². The standard InChI is InChI=1S/C45H32/c1-45(2)41-28-12-11-19-33(41)39-26-14-27-40(44(39)45)43-37-23-9-7-21-35(37)42(36-22-8-10-24-38(36)43)34-20-6-5-18-32(34)31-25-13-16-29-15-3-4-17-30(29)31/h3-28H,1-2H3. The number of rotatable bonds is 3. The fourth-order valence-electron chi connectivity index (χ4n) is 8.16. The van der Waals surface area contributed by atoms with Gasteiger partial charge in [-0.2, -0.15) is 0 Å². The Morgan fingerprint density at radius 3 is 1.42 bits per heavy atom. The average Bonchev–Trinajstić information content (AvgIpc) is 3.33. The summed E-state index contributed by atoms with van der Waals surface area (Å²) in [5.41, 5.74) is 13.2. The molecule has 0 fully saturated rings. The smallest absolute Gasteiger partial charge is 0.0165 e. The maximum atomic E-state index is 2.39. The molecule has 0 heteroatoms. The van der Waals surface area contributed by atoms with E-state index in [9.17, 15) is 0 Å². The van der Waals surface area contributed by atoms with Gasteiger partial charge in [-0.15, -0.1) is 0 Å². The summed E-state index contributed by atoms with van der Waals surface area (Å²) in [6, 6.07) is 58.3. The van der Waals surface area contributed by atoms with Crippen LogP contribution in [0.1, 0.15) is 25.0 Å². The third-order valence-electron chi connectivity index (χ3n) is 10.1. The summed E-state index contributed by atoms with van der Waals surface area (Å²) in [6.45, 7) is 4.78. The van der Waals surface area contributed by atoms with Gasteiger partial charge in [-0.25, -0.2) is 0 Å². The molecule has 1 aliphatic rings. The second-order valence-corrected chi connectivity index (χ2v) is 12.8. The van der Waals surface area contributed by atoms with E-state index in [4.69, 9.17) is 0 Å². The summed E-state index contributed by atoms with van der Waals surface area (Å²) in [7, 11) is 0. The topological polar surface area (TPSA) is 0 Å². The quantitative estimate of drug-likeness (QED) is 0.185. The van der Waals surface area contributed by atoms with Crippen molar-refractivity contribution in [2.45, 2.75) is 19.3 Å². The molecule has 8 aromatic carbocycles. The van der Waals surface area contributed by atoms with Gasteiger partial charge in [0.1, 0.15) is 0 Å². The van der Waals surface area contributed by atoms with Crippen LogP contribution in [-0.4, -0.2) is 0 Å². The molecule has 0 unspecified atom stereocenters. The molecule has 0 radical (unpaired) electrons. The Bertz CT molecular complexity index is 2390. The van der Waals surface area contributed by atoms with Crippen molar-refractivity contribution >= 4 is 32.3 Å². The van der Waals surface area contributed by atoms with Crippen LogP contribution in [0.25, 0.3) is 76.8 Å². The van der Waals surface area contributed by atoms with Crippen LogP contribution in [0.5, 0.6) is 0 Å². The highest BCUT2D eigenvalue weighted by molar-refractivity contribution is 6.23. The first kappa shape index (κ1) is 26.0. The third kappa shape index (κ3) is 3.72. The van der Waals surface area contributed by atoms with E-state index in [1.54, 1.807) is 0 Å². The third-order valence-corrected chi connectivity index (χ3v) is 10.1. The van der Waals surface area contributed by atoms with Gasteiger partial charge in [0.2, 0.25) is 0 Å². The first-order valence-electron chi connectivity index (χ1n) is 15.9.